The van der Waals surface area contributed by atoms with Crippen LogP contribution in [0.2, 0.25) is 5.02 Å². The van der Waals surface area contributed by atoms with E-state index < -0.39 is 0 Å². The first kappa shape index (κ1) is 14.6. The van der Waals surface area contributed by atoms with Crippen LogP contribution in [0.5, 0.6) is 0 Å². The molecule has 0 spiro atoms. The molecule has 1 atom stereocenters. The maximum atomic E-state index is 12.3. The van der Waals surface area contributed by atoms with Crippen molar-refractivity contribution in [1.82, 2.24) is 5.32 Å². The number of carbonyl (C=O) groups excluding carboxylic acids is 1. The summed E-state index contributed by atoms with van der Waals surface area (Å²) >= 11 is 5.97. The Labute approximate surface area is 124 Å². The zero-order valence-corrected chi connectivity index (χ0v) is 12.7. The summed E-state index contributed by atoms with van der Waals surface area (Å²) in [6, 6.07) is 13.3. The number of halogens is 1. The minimum atomic E-state index is -0.0815. The summed E-state index contributed by atoms with van der Waals surface area (Å²) in [5.74, 6) is -0.0655. The summed E-state index contributed by atoms with van der Waals surface area (Å²) < 4.78 is 0. The lowest BCUT2D eigenvalue weighted by Gasteiger charge is -2.15. The Kier molecular flexibility index (Phi) is 4.46. The molecule has 0 heterocycles. The molecule has 0 unspecified atom stereocenters. The van der Waals surface area contributed by atoms with E-state index in [1.807, 2.05) is 57.2 Å². The van der Waals surface area contributed by atoms with Gasteiger partial charge >= 0.3 is 0 Å². The van der Waals surface area contributed by atoms with E-state index in [1.165, 1.54) is 0 Å². The van der Waals surface area contributed by atoms with Gasteiger partial charge in [0, 0.05) is 10.6 Å². The standard InChI is InChI=1S/C17H18ClNO/c1-11-7-12(2)9-15(8-11)17(20)19-13(3)14-5-4-6-16(18)10-14/h4-10,13H,1-3H3,(H,19,20)/t13-/m1/s1. The van der Waals surface area contributed by atoms with Crippen molar-refractivity contribution in [2.45, 2.75) is 26.8 Å². The number of benzene rings is 2. The highest BCUT2D eigenvalue weighted by Crippen LogP contribution is 2.18. The lowest BCUT2D eigenvalue weighted by molar-refractivity contribution is 0.0939. The van der Waals surface area contributed by atoms with Crippen molar-refractivity contribution < 1.29 is 4.79 Å². The molecular weight excluding hydrogens is 270 g/mol. The number of aryl methyl sites for hydroxylation is 2. The van der Waals surface area contributed by atoms with Crippen LogP contribution >= 0.6 is 11.6 Å². The third-order valence-corrected chi connectivity index (χ3v) is 3.42. The van der Waals surface area contributed by atoms with Crippen LogP contribution in [0.4, 0.5) is 0 Å². The molecule has 1 amide bonds. The van der Waals surface area contributed by atoms with Gasteiger partial charge in [0.2, 0.25) is 0 Å². The van der Waals surface area contributed by atoms with E-state index in [0.717, 1.165) is 16.7 Å². The first-order valence-electron chi connectivity index (χ1n) is 6.60. The van der Waals surface area contributed by atoms with Crippen molar-refractivity contribution in [2.75, 3.05) is 0 Å². The van der Waals surface area contributed by atoms with Crippen molar-refractivity contribution in [3.05, 3.63) is 69.7 Å². The van der Waals surface area contributed by atoms with E-state index in [4.69, 9.17) is 11.6 Å². The monoisotopic (exact) mass is 287 g/mol. The van der Waals surface area contributed by atoms with Gasteiger partial charge in [0.15, 0.2) is 0 Å². The molecule has 104 valence electrons. The molecule has 0 aliphatic carbocycles. The van der Waals surface area contributed by atoms with E-state index in [0.29, 0.717) is 10.6 Å². The van der Waals surface area contributed by atoms with Crippen molar-refractivity contribution in [3.63, 3.8) is 0 Å². The Hall–Kier alpha value is -1.80. The molecule has 2 nitrogen and oxygen atoms in total. The van der Waals surface area contributed by atoms with Gasteiger partial charge in [0.25, 0.3) is 5.91 Å². The number of hydrogen-bond acceptors (Lipinski definition) is 1. The largest absolute Gasteiger partial charge is 0.346 e. The fraction of sp³-hybridized carbons (Fsp3) is 0.235. The molecular formula is C17H18ClNO. The Morgan fingerprint density at radius 2 is 1.75 bits per heavy atom. The van der Waals surface area contributed by atoms with Gasteiger partial charge < -0.3 is 5.32 Å². The highest BCUT2D eigenvalue weighted by atomic mass is 35.5. The Morgan fingerprint density at radius 1 is 1.10 bits per heavy atom. The summed E-state index contributed by atoms with van der Waals surface area (Å²) in [4.78, 5) is 12.3. The minimum absolute atomic E-state index is 0.0655. The predicted molar refractivity (Wildman–Crippen MR) is 83.2 cm³/mol. The number of carbonyl (C=O) groups is 1. The van der Waals surface area contributed by atoms with Crippen molar-refractivity contribution in [1.29, 1.82) is 0 Å². The van der Waals surface area contributed by atoms with Crippen molar-refractivity contribution in [3.8, 4) is 0 Å². The summed E-state index contributed by atoms with van der Waals surface area (Å²) in [7, 11) is 0. The molecule has 20 heavy (non-hydrogen) atoms. The second-order valence-corrected chi connectivity index (χ2v) is 5.56. The van der Waals surface area contributed by atoms with Crippen LogP contribution in [0.15, 0.2) is 42.5 Å². The van der Waals surface area contributed by atoms with E-state index >= 15 is 0 Å². The van der Waals surface area contributed by atoms with Gasteiger partial charge in [-0.15, -0.1) is 0 Å². The van der Waals surface area contributed by atoms with Gasteiger partial charge in [0.05, 0.1) is 6.04 Å². The Balaban J connectivity index is 2.15. The molecule has 0 radical (unpaired) electrons. The number of amides is 1. The topological polar surface area (TPSA) is 29.1 Å². The van der Waals surface area contributed by atoms with E-state index in [-0.39, 0.29) is 11.9 Å². The molecule has 2 aromatic carbocycles. The quantitative estimate of drug-likeness (QED) is 0.888. The lowest BCUT2D eigenvalue weighted by atomic mass is 10.1. The smallest absolute Gasteiger partial charge is 0.251 e. The predicted octanol–water partition coefficient (Wildman–Crippen LogP) is 4.45. The Morgan fingerprint density at radius 3 is 2.35 bits per heavy atom. The molecule has 0 aliphatic heterocycles. The van der Waals surface area contributed by atoms with Gasteiger partial charge in [-0.2, -0.15) is 0 Å². The molecule has 0 fully saturated rings. The first-order chi connectivity index (χ1) is 9.45. The molecule has 0 aliphatic rings. The van der Waals surface area contributed by atoms with E-state index in [2.05, 4.69) is 11.4 Å². The summed E-state index contributed by atoms with van der Waals surface area (Å²) in [6.07, 6.45) is 0. The summed E-state index contributed by atoms with van der Waals surface area (Å²) in [5.41, 5.74) is 3.86. The van der Waals surface area contributed by atoms with Crippen LogP contribution in [0.25, 0.3) is 0 Å². The molecule has 3 heteroatoms. The number of rotatable bonds is 3. The molecule has 2 rings (SSSR count). The average molecular weight is 288 g/mol. The maximum Gasteiger partial charge on any atom is 0.251 e. The van der Waals surface area contributed by atoms with Gasteiger partial charge in [-0.1, -0.05) is 40.9 Å². The maximum absolute atomic E-state index is 12.3. The molecule has 0 aromatic heterocycles. The third-order valence-electron chi connectivity index (χ3n) is 3.18. The second-order valence-electron chi connectivity index (χ2n) is 5.13. The minimum Gasteiger partial charge on any atom is -0.346 e. The number of hydrogen-bond donors (Lipinski definition) is 1. The number of nitrogens with one attached hydrogen (secondary N) is 1. The fourth-order valence-electron chi connectivity index (χ4n) is 2.25. The summed E-state index contributed by atoms with van der Waals surface area (Å²) in [5, 5.41) is 3.67. The van der Waals surface area contributed by atoms with E-state index in [1.54, 1.807) is 0 Å². The third kappa shape index (κ3) is 3.61. The zero-order chi connectivity index (χ0) is 14.7. The van der Waals surface area contributed by atoms with Crippen LogP contribution in [-0.2, 0) is 0 Å². The van der Waals surface area contributed by atoms with Gasteiger partial charge in [0.1, 0.15) is 0 Å². The van der Waals surface area contributed by atoms with Crippen molar-refractivity contribution >= 4 is 17.5 Å². The molecule has 0 saturated carbocycles. The highest BCUT2D eigenvalue weighted by molar-refractivity contribution is 6.30. The second kappa shape index (κ2) is 6.10. The van der Waals surface area contributed by atoms with Crippen LogP contribution in [-0.4, -0.2) is 5.91 Å². The van der Waals surface area contributed by atoms with Gasteiger partial charge in [-0.05, 0) is 50.6 Å². The lowest BCUT2D eigenvalue weighted by Crippen LogP contribution is -2.26. The van der Waals surface area contributed by atoms with Crippen LogP contribution in [0.1, 0.15) is 40.0 Å². The zero-order valence-electron chi connectivity index (χ0n) is 11.9. The summed E-state index contributed by atoms with van der Waals surface area (Å²) in [6.45, 7) is 5.93. The fourth-order valence-corrected chi connectivity index (χ4v) is 2.44. The highest BCUT2D eigenvalue weighted by Gasteiger charge is 2.12. The van der Waals surface area contributed by atoms with Crippen LogP contribution < -0.4 is 5.32 Å². The van der Waals surface area contributed by atoms with Gasteiger partial charge in [-0.3, -0.25) is 4.79 Å². The molecule has 2 aromatic rings. The van der Waals surface area contributed by atoms with Crippen LogP contribution in [0.3, 0.4) is 0 Å². The normalized spacial score (nSPS) is 12.0. The molecule has 0 saturated heterocycles. The van der Waals surface area contributed by atoms with Crippen LogP contribution in [0, 0.1) is 13.8 Å². The molecule has 0 bridgehead atoms. The van der Waals surface area contributed by atoms with E-state index in [9.17, 15) is 4.79 Å². The average Bonchev–Trinajstić information content (AvgIpc) is 2.37. The molecule has 1 N–H and O–H groups in total. The van der Waals surface area contributed by atoms with Gasteiger partial charge in [-0.25, -0.2) is 0 Å². The first-order valence-corrected chi connectivity index (χ1v) is 6.98. The van der Waals surface area contributed by atoms with Crippen molar-refractivity contribution in [2.24, 2.45) is 0 Å². The Bertz CT molecular complexity index is 616. The SMILES string of the molecule is Cc1cc(C)cc(C(=O)N[C@H](C)c2cccc(Cl)c2)c1.